The molecule has 1 amide bonds. The average molecular weight is 343 g/mol. The van der Waals surface area contributed by atoms with Gasteiger partial charge in [0.15, 0.2) is 0 Å². The Labute approximate surface area is 148 Å². The SMILES string of the molecule is COc1cccc(C(=O)NC2CCN(Cc3c(C)noc3C)CC2)c1. The van der Waals surface area contributed by atoms with Crippen LogP contribution in [0.25, 0.3) is 0 Å². The molecular formula is C19H25N3O3. The van der Waals surface area contributed by atoms with E-state index < -0.39 is 0 Å². The summed E-state index contributed by atoms with van der Waals surface area (Å²) < 4.78 is 10.4. The third-order valence-electron chi connectivity index (χ3n) is 4.82. The highest BCUT2D eigenvalue weighted by Gasteiger charge is 2.23. The average Bonchev–Trinajstić information content (AvgIpc) is 2.95. The molecule has 0 spiro atoms. The standard InChI is InChI=1S/C19H25N3O3/c1-13-18(14(2)25-21-13)12-22-9-7-16(8-10-22)20-19(23)15-5-4-6-17(11-15)24-3/h4-6,11,16H,7-10,12H2,1-3H3,(H,20,23). The first kappa shape index (κ1) is 17.5. The summed E-state index contributed by atoms with van der Waals surface area (Å²) in [6, 6.07) is 7.45. The first-order valence-corrected chi connectivity index (χ1v) is 8.66. The monoisotopic (exact) mass is 343 g/mol. The Kier molecular flexibility index (Phi) is 5.38. The Bertz CT molecular complexity index is 714. The maximum absolute atomic E-state index is 12.4. The molecule has 2 aromatic rings. The van der Waals surface area contributed by atoms with Crippen LogP contribution < -0.4 is 10.1 Å². The zero-order valence-corrected chi connectivity index (χ0v) is 15.0. The molecule has 6 nitrogen and oxygen atoms in total. The fraction of sp³-hybridized carbons (Fsp3) is 0.474. The van der Waals surface area contributed by atoms with Crippen molar-refractivity contribution in [3.63, 3.8) is 0 Å². The molecule has 0 bridgehead atoms. The number of aryl methyl sites for hydroxylation is 2. The molecule has 0 aliphatic carbocycles. The molecule has 1 saturated heterocycles. The lowest BCUT2D eigenvalue weighted by Crippen LogP contribution is -2.44. The van der Waals surface area contributed by atoms with E-state index in [1.165, 1.54) is 5.56 Å². The van der Waals surface area contributed by atoms with Gasteiger partial charge in [-0.1, -0.05) is 11.2 Å². The van der Waals surface area contributed by atoms with Crippen LogP contribution in [-0.2, 0) is 6.54 Å². The Morgan fingerprint density at radius 3 is 2.76 bits per heavy atom. The van der Waals surface area contributed by atoms with E-state index in [4.69, 9.17) is 9.26 Å². The number of carbonyl (C=O) groups excluding carboxylic acids is 1. The van der Waals surface area contributed by atoms with Gasteiger partial charge in [0, 0.05) is 36.8 Å². The van der Waals surface area contributed by atoms with Gasteiger partial charge in [0.1, 0.15) is 11.5 Å². The second-order valence-electron chi connectivity index (χ2n) is 6.56. The van der Waals surface area contributed by atoms with E-state index >= 15 is 0 Å². The van der Waals surface area contributed by atoms with Crippen molar-refractivity contribution in [3.8, 4) is 5.75 Å². The van der Waals surface area contributed by atoms with Gasteiger partial charge >= 0.3 is 0 Å². The molecule has 1 fully saturated rings. The summed E-state index contributed by atoms with van der Waals surface area (Å²) in [5.74, 6) is 1.55. The van der Waals surface area contributed by atoms with Gasteiger partial charge in [-0.15, -0.1) is 0 Å². The topological polar surface area (TPSA) is 67.6 Å². The molecule has 1 aromatic carbocycles. The molecule has 1 N–H and O–H groups in total. The summed E-state index contributed by atoms with van der Waals surface area (Å²) in [5.41, 5.74) is 2.78. The van der Waals surface area contributed by atoms with Crippen molar-refractivity contribution >= 4 is 5.91 Å². The number of carbonyl (C=O) groups is 1. The number of piperidine rings is 1. The minimum absolute atomic E-state index is 0.0388. The maximum Gasteiger partial charge on any atom is 0.251 e. The van der Waals surface area contributed by atoms with Gasteiger partial charge in [-0.25, -0.2) is 0 Å². The van der Waals surface area contributed by atoms with Crippen LogP contribution in [0.2, 0.25) is 0 Å². The smallest absolute Gasteiger partial charge is 0.251 e. The molecule has 25 heavy (non-hydrogen) atoms. The molecule has 0 saturated carbocycles. The van der Waals surface area contributed by atoms with Crippen molar-refractivity contribution in [1.29, 1.82) is 0 Å². The molecule has 2 heterocycles. The molecule has 1 aliphatic rings. The van der Waals surface area contributed by atoms with Crippen molar-refractivity contribution in [2.24, 2.45) is 0 Å². The molecule has 0 atom stereocenters. The zero-order valence-electron chi connectivity index (χ0n) is 15.0. The molecule has 1 aromatic heterocycles. The van der Waals surface area contributed by atoms with Crippen LogP contribution in [0, 0.1) is 13.8 Å². The number of nitrogens with zero attached hydrogens (tertiary/aromatic N) is 2. The van der Waals surface area contributed by atoms with Gasteiger partial charge in [0.05, 0.1) is 12.8 Å². The molecule has 6 heteroatoms. The summed E-state index contributed by atoms with van der Waals surface area (Å²) in [4.78, 5) is 14.8. The molecule has 134 valence electrons. The third-order valence-corrected chi connectivity index (χ3v) is 4.82. The largest absolute Gasteiger partial charge is 0.497 e. The summed E-state index contributed by atoms with van der Waals surface area (Å²) in [6.45, 7) is 6.70. The highest BCUT2D eigenvalue weighted by atomic mass is 16.5. The highest BCUT2D eigenvalue weighted by molar-refractivity contribution is 5.94. The van der Waals surface area contributed by atoms with Crippen LogP contribution in [0.15, 0.2) is 28.8 Å². The number of amides is 1. The first-order chi connectivity index (χ1) is 12.1. The predicted octanol–water partition coefficient (Wildman–Crippen LogP) is 2.69. The number of nitrogens with one attached hydrogen (secondary N) is 1. The number of aromatic nitrogens is 1. The van der Waals surface area contributed by atoms with E-state index in [9.17, 15) is 4.79 Å². The van der Waals surface area contributed by atoms with Gasteiger partial charge in [-0.2, -0.15) is 0 Å². The van der Waals surface area contributed by atoms with Gasteiger partial charge in [0.25, 0.3) is 5.91 Å². The summed E-state index contributed by atoms with van der Waals surface area (Å²) in [6.07, 6.45) is 1.89. The van der Waals surface area contributed by atoms with E-state index in [-0.39, 0.29) is 11.9 Å². The normalized spacial score (nSPS) is 16.0. The van der Waals surface area contributed by atoms with Crippen molar-refractivity contribution in [2.45, 2.75) is 39.3 Å². The van der Waals surface area contributed by atoms with Crippen molar-refractivity contribution in [1.82, 2.24) is 15.4 Å². The fourth-order valence-electron chi connectivity index (χ4n) is 3.22. The number of ether oxygens (including phenoxy) is 1. The Morgan fingerprint density at radius 1 is 1.36 bits per heavy atom. The lowest BCUT2D eigenvalue weighted by atomic mass is 10.0. The minimum atomic E-state index is -0.0388. The summed E-state index contributed by atoms with van der Waals surface area (Å²) >= 11 is 0. The third kappa shape index (κ3) is 4.20. The second-order valence-corrected chi connectivity index (χ2v) is 6.56. The lowest BCUT2D eigenvalue weighted by molar-refractivity contribution is 0.0908. The van der Waals surface area contributed by atoms with E-state index in [0.29, 0.717) is 11.3 Å². The summed E-state index contributed by atoms with van der Waals surface area (Å²) in [7, 11) is 1.60. The predicted molar refractivity (Wildman–Crippen MR) is 94.7 cm³/mol. The van der Waals surface area contributed by atoms with Crippen molar-refractivity contribution in [2.75, 3.05) is 20.2 Å². The number of hydrogen-bond donors (Lipinski definition) is 1. The number of methoxy groups -OCH3 is 1. The van der Waals surface area contributed by atoms with E-state index in [1.54, 1.807) is 13.2 Å². The Balaban J connectivity index is 1.51. The van der Waals surface area contributed by atoms with Crippen molar-refractivity contribution in [3.05, 3.63) is 46.8 Å². The molecule has 3 rings (SSSR count). The number of hydrogen-bond acceptors (Lipinski definition) is 5. The number of benzene rings is 1. The Morgan fingerprint density at radius 2 is 2.12 bits per heavy atom. The molecule has 0 unspecified atom stereocenters. The van der Waals surface area contributed by atoms with Crippen LogP contribution >= 0.6 is 0 Å². The summed E-state index contributed by atoms with van der Waals surface area (Å²) in [5, 5.41) is 7.15. The number of rotatable bonds is 5. The second kappa shape index (κ2) is 7.70. The molecular weight excluding hydrogens is 318 g/mol. The fourth-order valence-corrected chi connectivity index (χ4v) is 3.22. The zero-order chi connectivity index (χ0) is 17.8. The van der Waals surface area contributed by atoms with Crippen LogP contribution in [0.5, 0.6) is 5.75 Å². The molecule has 1 aliphatic heterocycles. The molecule has 0 radical (unpaired) electrons. The van der Waals surface area contributed by atoms with E-state index in [1.807, 2.05) is 32.0 Å². The van der Waals surface area contributed by atoms with Crippen LogP contribution in [0.3, 0.4) is 0 Å². The minimum Gasteiger partial charge on any atom is -0.497 e. The van der Waals surface area contributed by atoms with Crippen molar-refractivity contribution < 1.29 is 14.1 Å². The first-order valence-electron chi connectivity index (χ1n) is 8.66. The van der Waals surface area contributed by atoms with Crippen LogP contribution in [0.4, 0.5) is 0 Å². The number of likely N-dealkylation sites (tertiary alicyclic amines) is 1. The van der Waals surface area contributed by atoms with Crippen LogP contribution in [0.1, 0.15) is 40.2 Å². The maximum atomic E-state index is 12.4. The highest BCUT2D eigenvalue weighted by Crippen LogP contribution is 2.19. The Hall–Kier alpha value is -2.34. The van der Waals surface area contributed by atoms with Gasteiger partial charge < -0.3 is 14.6 Å². The van der Waals surface area contributed by atoms with Gasteiger partial charge in [0.2, 0.25) is 0 Å². The van der Waals surface area contributed by atoms with Gasteiger partial charge in [-0.3, -0.25) is 9.69 Å². The van der Waals surface area contributed by atoms with E-state index in [2.05, 4.69) is 15.4 Å². The quantitative estimate of drug-likeness (QED) is 0.904. The lowest BCUT2D eigenvalue weighted by Gasteiger charge is -2.32. The van der Waals surface area contributed by atoms with Crippen LogP contribution in [-0.4, -0.2) is 42.2 Å². The van der Waals surface area contributed by atoms with Gasteiger partial charge in [-0.05, 0) is 44.9 Å². The van der Waals surface area contributed by atoms with E-state index in [0.717, 1.165) is 43.9 Å².